The Hall–Kier alpha value is -1.09. The molecule has 7 heteroatoms. The van der Waals surface area contributed by atoms with Crippen molar-refractivity contribution >= 4 is 35.6 Å². The largest absolute Gasteiger partial charge is 0.368 e. The van der Waals surface area contributed by atoms with Crippen LogP contribution in [0.5, 0.6) is 0 Å². The summed E-state index contributed by atoms with van der Waals surface area (Å²) in [6.07, 6.45) is 0. The van der Waals surface area contributed by atoms with Crippen molar-refractivity contribution in [2.75, 3.05) is 50.7 Å². The highest BCUT2D eigenvalue weighted by atomic mass is 127. The molecule has 1 fully saturated rings. The summed E-state index contributed by atoms with van der Waals surface area (Å²) < 4.78 is 13.1. The molecule has 5 nitrogen and oxygen atoms in total. The van der Waals surface area contributed by atoms with Gasteiger partial charge in [-0.25, -0.2) is 4.39 Å². The lowest BCUT2D eigenvalue weighted by atomic mass is 10.1. The molecule has 0 aromatic heterocycles. The molecule has 0 amide bonds. The molecule has 0 spiro atoms. The quantitative estimate of drug-likeness (QED) is 0.296. The Labute approximate surface area is 174 Å². The summed E-state index contributed by atoms with van der Waals surface area (Å²) in [4.78, 5) is 9.35. The Morgan fingerprint density at radius 2 is 1.73 bits per heavy atom. The number of aliphatic imine (C=N–C) groups is 1. The Morgan fingerprint density at radius 1 is 1.12 bits per heavy atom. The lowest BCUT2D eigenvalue weighted by molar-refractivity contribution is 0.371. The third kappa shape index (κ3) is 7.65. The van der Waals surface area contributed by atoms with Gasteiger partial charge in [0, 0.05) is 50.5 Å². The van der Waals surface area contributed by atoms with E-state index in [-0.39, 0.29) is 35.3 Å². The summed E-state index contributed by atoms with van der Waals surface area (Å²) in [5, 5.41) is 6.86. The van der Waals surface area contributed by atoms with Crippen molar-refractivity contribution in [3.05, 3.63) is 30.1 Å². The van der Waals surface area contributed by atoms with E-state index in [0.717, 1.165) is 57.5 Å². The van der Waals surface area contributed by atoms with Gasteiger partial charge in [0.2, 0.25) is 0 Å². The van der Waals surface area contributed by atoms with Crippen LogP contribution in [0.3, 0.4) is 0 Å². The van der Waals surface area contributed by atoms with Gasteiger partial charge in [-0.1, -0.05) is 0 Å². The molecule has 0 radical (unpaired) electrons. The van der Waals surface area contributed by atoms with Gasteiger partial charge >= 0.3 is 0 Å². The molecule has 0 atom stereocenters. The number of halogens is 2. The van der Waals surface area contributed by atoms with Gasteiger partial charge in [0.15, 0.2) is 5.96 Å². The summed E-state index contributed by atoms with van der Waals surface area (Å²) in [6, 6.07) is 6.75. The summed E-state index contributed by atoms with van der Waals surface area (Å²) in [5.74, 6) is 0.796. The molecule has 1 aliphatic rings. The second-order valence-corrected chi connectivity index (χ2v) is 7.36. The molecule has 0 aliphatic carbocycles. The zero-order valence-electron chi connectivity index (χ0n) is 16.4. The van der Waals surface area contributed by atoms with Crippen LogP contribution in [0.15, 0.2) is 29.3 Å². The van der Waals surface area contributed by atoms with Crippen molar-refractivity contribution in [1.29, 1.82) is 0 Å². The highest BCUT2D eigenvalue weighted by Gasteiger charge is 2.19. The van der Waals surface area contributed by atoms with Gasteiger partial charge in [-0.05, 0) is 52.0 Å². The predicted octanol–water partition coefficient (Wildman–Crippen LogP) is 2.92. The highest BCUT2D eigenvalue weighted by molar-refractivity contribution is 14.0. The summed E-state index contributed by atoms with van der Waals surface area (Å²) in [6.45, 7) is 14.7. The molecule has 1 heterocycles. The maximum Gasteiger partial charge on any atom is 0.194 e. The van der Waals surface area contributed by atoms with Crippen LogP contribution in [-0.4, -0.2) is 62.2 Å². The second-order valence-electron chi connectivity index (χ2n) is 7.36. The number of hydrogen-bond acceptors (Lipinski definition) is 3. The van der Waals surface area contributed by atoms with Crippen molar-refractivity contribution in [2.45, 2.75) is 33.2 Å². The van der Waals surface area contributed by atoms with Gasteiger partial charge in [0.05, 0.1) is 6.54 Å². The molecular formula is C19H33FIN5. The van der Waals surface area contributed by atoms with Crippen LogP contribution in [0.2, 0.25) is 0 Å². The Bertz CT molecular complexity index is 548. The van der Waals surface area contributed by atoms with E-state index in [2.05, 4.69) is 48.1 Å². The van der Waals surface area contributed by atoms with Crippen LogP contribution in [0.1, 0.15) is 27.7 Å². The van der Waals surface area contributed by atoms with Crippen molar-refractivity contribution < 1.29 is 4.39 Å². The zero-order chi connectivity index (χ0) is 18.3. The number of nitrogens with one attached hydrogen (secondary N) is 2. The lowest BCUT2D eigenvalue weighted by Crippen LogP contribution is -2.52. The van der Waals surface area contributed by atoms with E-state index in [9.17, 15) is 4.39 Å². The SMILES string of the molecule is CCNC(=NCCNC(C)(C)C)N1CCN(c2ccc(F)cc2)CC1.I. The Balaban J connectivity index is 0.00000338. The lowest BCUT2D eigenvalue weighted by Gasteiger charge is -2.37. The van der Waals surface area contributed by atoms with E-state index in [4.69, 9.17) is 4.99 Å². The normalized spacial score (nSPS) is 15.7. The summed E-state index contributed by atoms with van der Waals surface area (Å²) >= 11 is 0. The average Bonchev–Trinajstić information content (AvgIpc) is 2.58. The van der Waals surface area contributed by atoms with Crippen LogP contribution in [-0.2, 0) is 0 Å². The van der Waals surface area contributed by atoms with E-state index < -0.39 is 0 Å². The van der Waals surface area contributed by atoms with Gasteiger partial charge in [0.1, 0.15) is 5.82 Å². The molecule has 2 rings (SSSR count). The minimum absolute atomic E-state index is 0. The van der Waals surface area contributed by atoms with Crippen LogP contribution in [0.4, 0.5) is 10.1 Å². The molecule has 148 valence electrons. The van der Waals surface area contributed by atoms with Crippen LogP contribution < -0.4 is 15.5 Å². The van der Waals surface area contributed by atoms with Gasteiger partial charge in [-0.2, -0.15) is 0 Å². The first-order chi connectivity index (χ1) is 11.9. The van der Waals surface area contributed by atoms with Gasteiger partial charge in [-0.15, -0.1) is 24.0 Å². The zero-order valence-corrected chi connectivity index (χ0v) is 18.7. The number of benzene rings is 1. The van der Waals surface area contributed by atoms with Crippen molar-refractivity contribution in [3.8, 4) is 0 Å². The van der Waals surface area contributed by atoms with Gasteiger partial charge in [0.25, 0.3) is 0 Å². The molecule has 0 bridgehead atoms. The minimum atomic E-state index is -0.187. The van der Waals surface area contributed by atoms with Crippen molar-refractivity contribution in [3.63, 3.8) is 0 Å². The topological polar surface area (TPSA) is 42.9 Å². The highest BCUT2D eigenvalue weighted by Crippen LogP contribution is 2.16. The van der Waals surface area contributed by atoms with E-state index >= 15 is 0 Å². The number of hydrogen-bond donors (Lipinski definition) is 2. The first-order valence-corrected chi connectivity index (χ1v) is 9.18. The van der Waals surface area contributed by atoms with Gasteiger partial charge in [-0.3, -0.25) is 4.99 Å². The molecular weight excluding hydrogens is 444 g/mol. The van der Waals surface area contributed by atoms with E-state index in [0.29, 0.717) is 0 Å². The Morgan fingerprint density at radius 3 is 2.27 bits per heavy atom. The molecule has 1 saturated heterocycles. The fraction of sp³-hybridized carbons (Fsp3) is 0.632. The number of anilines is 1. The molecule has 1 aromatic carbocycles. The fourth-order valence-electron chi connectivity index (χ4n) is 2.85. The van der Waals surface area contributed by atoms with E-state index in [1.807, 2.05) is 12.1 Å². The van der Waals surface area contributed by atoms with E-state index in [1.165, 1.54) is 12.1 Å². The molecule has 0 unspecified atom stereocenters. The second kappa shape index (κ2) is 10.9. The van der Waals surface area contributed by atoms with Crippen molar-refractivity contribution in [2.24, 2.45) is 4.99 Å². The summed E-state index contributed by atoms with van der Waals surface area (Å²) in [7, 11) is 0. The number of guanidine groups is 1. The molecule has 2 N–H and O–H groups in total. The third-order valence-corrected chi connectivity index (χ3v) is 4.13. The van der Waals surface area contributed by atoms with E-state index in [1.54, 1.807) is 0 Å². The molecule has 1 aromatic rings. The molecule has 26 heavy (non-hydrogen) atoms. The predicted molar refractivity (Wildman–Crippen MR) is 119 cm³/mol. The Kier molecular flexibility index (Phi) is 9.63. The number of piperazine rings is 1. The van der Waals surface area contributed by atoms with Crippen LogP contribution in [0, 0.1) is 5.82 Å². The monoisotopic (exact) mass is 477 g/mol. The third-order valence-electron chi connectivity index (χ3n) is 4.13. The minimum Gasteiger partial charge on any atom is -0.368 e. The van der Waals surface area contributed by atoms with Crippen molar-refractivity contribution in [1.82, 2.24) is 15.5 Å². The first kappa shape index (κ1) is 23.0. The number of nitrogens with zero attached hydrogens (tertiary/aromatic N) is 3. The standard InChI is InChI=1S/C19H32FN5.HI/c1-5-21-18(22-10-11-23-19(2,3)4)25-14-12-24(13-15-25)17-8-6-16(20)7-9-17;/h6-9,23H,5,10-15H2,1-4H3,(H,21,22);1H. The average molecular weight is 477 g/mol. The summed E-state index contributed by atoms with van der Waals surface area (Å²) in [5.41, 5.74) is 1.20. The smallest absolute Gasteiger partial charge is 0.194 e. The fourth-order valence-corrected chi connectivity index (χ4v) is 2.85. The maximum absolute atomic E-state index is 13.1. The maximum atomic E-state index is 13.1. The van der Waals surface area contributed by atoms with Crippen LogP contribution >= 0.6 is 24.0 Å². The number of rotatable bonds is 5. The van der Waals surface area contributed by atoms with Gasteiger partial charge < -0.3 is 20.4 Å². The van der Waals surface area contributed by atoms with Crippen LogP contribution in [0.25, 0.3) is 0 Å². The molecule has 1 aliphatic heterocycles. The molecule has 0 saturated carbocycles. The first-order valence-electron chi connectivity index (χ1n) is 9.18.